The molecule has 0 atom stereocenters. The van der Waals surface area contributed by atoms with Crippen molar-refractivity contribution in [2.24, 2.45) is 7.05 Å². The van der Waals surface area contributed by atoms with Gasteiger partial charge in [-0.3, -0.25) is 9.48 Å². The Hall–Kier alpha value is -2.63. The van der Waals surface area contributed by atoms with Gasteiger partial charge in [0.1, 0.15) is 0 Å². The first kappa shape index (κ1) is 13.8. The van der Waals surface area contributed by atoms with Crippen molar-refractivity contribution in [3.05, 3.63) is 46.8 Å². The first-order valence-electron chi connectivity index (χ1n) is 6.04. The number of aromatic nitrogens is 2. The number of rotatable bonds is 3. The van der Waals surface area contributed by atoms with Crippen LogP contribution in [0.1, 0.15) is 32.0 Å². The molecule has 0 aliphatic rings. The van der Waals surface area contributed by atoms with Gasteiger partial charge in [-0.2, -0.15) is 5.10 Å². The lowest BCUT2D eigenvalue weighted by Crippen LogP contribution is -2.14. The van der Waals surface area contributed by atoms with Crippen LogP contribution < -0.4 is 5.32 Å². The average molecular weight is 273 g/mol. The molecule has 1 heterocycles. The molecule has 0 aliphatic heterocycles. The number of aromatic carboxylic acids is 1. The van der Waals surface area contributed by atoms with Crippen LogP contribution >= 0.6 is 0 Å². The van der Waals surface area contributed by atoms with Gasteiger partial charge in [0.05, 0.1) is 17.3 Å². The van der Waals surface area contributed by atoms with E-state index in [9.17, 15) is 9.59 Å². The number of carboxylic acid groups (broad SMARTS) is 1. The standard InChI is InChI=1S/C14H15N3O3/c1-8-4-5-10(14(19)20)6-12(8)16-13(18)11-7-15-17(3)9(11)2/h4-7H,1-3H3,(H,16,18)(H,19,20). The van der Waals surface area contributed by atoms with Gasteiger partial charge in [-0.1, -0.05) is 6.07 Å². The Balaban J connectivity index is 2.30. The first-order chi connectivity index (χ1) is 9.40. The van der Waals surface area contributed by atoms with Gasteiger partial charge in [-0.05, 0) is 31.5 Å². The number of carboxylic acids is 1. The minimum atomic E-state index is -1.03. The topological polar surface area (TPSA) is 84.2 Å². The summed E-state index contributed by atoms with van der Waals surface area (Å²) in [4.78, 5) is 23.1. The predicted molar refractivity (Wildman–Crippen MR) is 74.0 cm³/mol. The highest BCUT2D eigenvalue weighted by Crippen LogP contribution is 2.18. The Morgan fingerprint density at radius 1 is 1.30 bits per heavy atom. The molecule has 0 spiro atoms. The number of nitrogens with one attached hydrogen (secondary N) is 1. The Labute approximate surface area is 116 Å². The van der Waals surface area contributed by atoms with Crippen molar-refractivity contribution in [3.63, 3.8) is 0 Å². The Morgan fingerprint density at radius 2 is 2.00 bits per heavy atom. The normalized spacial score (nSPS) is 10.3. The Bertz CT molecular complexity index is 689. The number of amides is 1. The quantitative estimate of drug-likeness (QED) is 0.895. The highest BCUT2D eigenvalue weighted by atomic mass is 16.4. The van der Waals surface area contributed by atoms with Gasteiger partial charge in [0, 0.05) is 18.4 Å². The van der Waals surface area contributed by atoms with Crippen LogP contribution in [0.4, 0.5) is 5.69 Å². The third-order valence-electron chi connectivity index (χ3n) is 3.21. The summed E-state index contributed by atoms with van der Waals surface area (Å²) in [7, 11) is 1.75. The van der Waals surface area contributed by atoms with E-state index in [1.807, 2.05) is 0 Å². The minimum absolute atomic E-state index is 0.133. The second-order valence-corrected chi connectivity index (χ2v) is 4.56. The molecule has 104 valence electrons. The van der Waals surface area contributed by atoms with Crippen molar-refractivity contribution < 1.29 is 14.7 Å². The molecule has 2 aromatic rings. The summed E-state index contributed by atoms with van der Waals surface area (Å²) in [6.45, 7) is 3.60. The van der Waals surface area contributed by atoms with Crippen LogP contribution in [0.15, 0.2) is 24.4 Å². The monoisotopic (exact) mass is 273 g/mol. The van der Waals surface area contributed by atoms with E-state index in [-0.39, 0.29) is 11.5 Å². The van der Waals surface area contributed by atoms with Gasteiger partial charge >= 0.3 is 5.97 Å². The first-order valence-corrected chi connectivity index (χ1v) is 6.04. The summed E-state index contributed by atoms with van der Waals surface area (Å²) in [5.41, 5.74) is 2.62. The molecule has 20 heavy (non-hydrogen) atoms. The van der Waals surface area contributed by atoms with Crippen molar-refractivity contribution in [1.82, 2.24) is 9.78 Å². The van der Waals surface area contributed by atoms with Crippen LogP contribution in [-0.2, 0) is 7.05 Å². The molecule has 1 aromatic heterocycles. The number of benzene rings is 1. The van der Waals surface area contributed by atoms with Crippen LogP contribution in [0.25, 0.3) is 0 Å². The maximum Gasteiger partial charge on any atom is 0.335 e. The predicted octanol–water partition coefficient (Wildman–Crippen LogP) is 1.99. The van der Waals surface area contributed by atoms with Crippen molar-refractivity contribution in [1.29, 1.82) is 0 Å². The maximum atomic E-state index is 12.2. The van der Waals surface area contributed by atoms with Crippen molar-refractivity contribution in [2.45, 2.75) is 13.8 Å². The number of carbonyl (C=O) groups is 2. The fraction of sp³-hybridized carbons (Fsp3) is 0.214. The number of hydrogen-bond acceptors (Lipinski definition) is 3. The third-order valence-corrected chi connectivity index (χ3v) is 3.21. The zero-order chi connectivity index (χ0) is 14.9. The van der Waals surface area contributed by atoms with Crippen molar-refractivity contribution in [3.8, 4) is 0 Å². The average Bonchev–Trinajstić information content (AvgIpc) is 2.72. The van der Waals surface area contributed by atoms with E-state index in [4.69, 9.17) is 5.11 Å². The van der Waals surface area contributed by atoms with Gasteiger partial charge in [-0.25, -0.2) is 4.79 Å². The molecule has 6 heteroatoms. The molecule has 2 N–H and O–H groups in total. The molecule has 0 radical (unpaired) electrons. The van der Waals surface area contributed by atoms with Gasteiger partial charge in [-0.15, -0.1) is 0 Å². The van der Waals surface area contributed by atoms with E-state index in [0.717, 1.165) is 11.3 Å². The highest BCUT2D eigenvalue weighted by molar-refractivity contribution is 6.05. The lowest BCUT2D eigenvalue weighted by molar-refractivity contribution is 0.0696. The molecule has 0 fully saturated rings. The zero-order valence-corrected chi connectivity index (χ0v) is 11.5. The fourth-order valence-electron chi connectivity index (χ4n) is 1.80. The van der Waals surface area contributed by atoms with Gasteiger partial charge in [0.25, 0.3) is 5.91 Å². The largest absolute Gasteiger partial charge is 0.478 e. The van der Waals surface area contributed by atoms with Gasteiger partial charge in [0.15, 0.2) is 0 Å². The molecule has 0 saturated heterocycles. The van der Waals surface area contributed by atoms with Gasteiger partial charge < -0.3 is 10.4 Å². The molecule has 6 nitrogen and oxygen atoms in total. The van der Waals surface area contributed by atoms with Crippen LogP contribution in [0.5, 0.6) is 0 Å². The van der Waals surface area contributed by atoms with Crippen molar-refractivity contribution >= 4 is 17.6 Å². The van der Waals surface area contributed by atoms with Crippen LogP contribution in [0, 0.1) is 13.8 Å². The SMILES string of the molecule is Cc1ccc(C(=O)O)cc1NC(=O)c1cnn(C)c1C. The van der Waals surface area contributed by atoms with Crippen LogP contribution in [0.2, 0.25) is 0 Å². The van der Waals surface area contributed by atoms with E-state index in [1.54, 1.807) is 31.6 Å². The Morgan fingerprint density at radius 3 is 2.55 bits per heavy atom. The molecule has 0 bridgehead atoms. The van der Waals surface area contributed by atoms with Crippen LogP contribution in [0.3, 0.4) is 0 Å². The lowest BCUT2D eigenvalue weighted by Gasteiger charge is -2.09. The number of carbonyl (C=O) groups excluding carboxylic acids is 1. The number of hydrogen-bond donors (Lipinski definition) is 2. The summed E-state index contributed by atoms with van der Waals surface area (Å²) in [6, 6.07) is 4.61. The van der Waals surface area contributed by atoms with Crippen LogP contribution in [-0.4, -0.2) is 26.8 Å². The fourth-order valence-corrected chi connectivity index (χ4v) is 1.80. The molecular formula is C14H15N3O3. The minimum Gasteiger partial charge on any atom is -0.478 e. The molecule has 1 aromatic carbocycles. The summed E-state index contributed by atoms with van der Waals surface area (Å²) in [5.74, 6) is -1.33. The summed E-state index contributed by atoms with van der Waals surface area (Å²) in [5, 5.41) is 15.7. The number of aryl methyl sites for hydroxylation is 2. The smallest absolute Gasteiger partial charge is 0.335 e. The molecule has 0 saturated carbocycles. The summed E-state index contributed by atoms with van der Waals surface area (Å²) in [6.07, 6.45) is 1.49. The van der Waals surface area contributed by atoms with Gasteiger partial charge in [0.2, 0.25) is 0 Å². The molecular weight excluding hydrogens is 258 g/mol. The van der Waals surface area contributed by atoms with E-state index in [1.165, 1.54) is 18.3 Å². The highest BCUT2D eigenvalue weighted by Gasteiger charge is 2.14. The second kappa shape index (κ2) is 5.16. The molecule has 0 aliphatic carbocycles. The van der Waals surface area contributed by atoms with E-state index in [0.29, 0.717) is 11.3 Å². The number of nitrogens with zero attached hydrogens (tertiary/aromatic N) is 2. The lowest BCUT2D eigenvalue weighted by atomic mass is 10.1. The molecule has 2 rings (SSSR count). The zero-order valence-electron chi connectivity index (χ0n) is 11.5. The summed E-state index contributed by atoms with van der Waals surface area (Å²) >= 11 is 0. The summed E-state index contributed by atoms with van der Waals surface area (Å²) < 4.78 is 1.61. The van der Waals surface area contributed by atoms with E-state index < -0.39 is 5.97 Å². The Kier molecular flexibility index (Phi) is 3.56. The third kappa shape index (κ3) is 2.54. The molecule has 1 amide bonds. The van der Waals surface area contributed by atoms with E-state index >= 15 is 0 Å². The maximum absolute atomic E-state index is 12.2. The molecule has 0 unspecified atom stereocenters. The number of anilines is 1. The van der Waals surface area contributed by atoms with E-state index in [2.05, 4.69) is 10.4 Å². The second-order valence-electron chi connectivity index (χ2n) is 4.56. The van der Waals surface area contributed by atoms with Crippen molar-refractivity contribution in [2.75, 3.05) is 5.32 Å².